The van der Waals surface area contributed by atoms with Crippen LogP contribution in [0, 0.1) is 18.3 Å². The number of ether oxygens (including phenoxy) is 1. The van der Waals surface area contributed by atoms with Gasteiger partial charge in [0, 0.05) is 4.47 Å². The molecule has 0 saturated heterocycles. The highest BCUT2D eigenvalue weighted by molar-refractivity contribution is 9.10. The first-order valence-electron chi connectivity index (χ1n) is 4.00. The second-order valence-corrected chi connectivity index (χ2v) is 3.52. The van der Waals surface area contributed by atoms with E-state index in [1.807, 2.05) is 31.2 Å². The Morgan fingerprint density at radius 1 is 1.54 bits per heavy atom. The second-order valence-electron chi connectivity index (χ2n) is 2.67. The highest BCUT2D eigenvalue weighted by Crippen LogP contribution is 2.21. The fourth-order valence-corrected chi connectivity index (χ4v) is 1.17. The van der Waals surface area contributed by atoms with E-state index in [0.29, 0.717) is 13.0 Å². The summed E-state index contributed by atoms with van der Waals surface area (Å²) in [6.07, 6.45) is 0.426. The maximum absolute atomic E-state index is 8.31. The Labute approximate surface area is 86.3 Å². The number of hydrogen-bond acceptors (Lipinski definition) is 2. The summed E-state index contributed by atoms with van der Waals surface area (Å²) >= 11 is 3.40. The SMILES string of the molecule is Cc1cc(OCCC#N)ccc1Br. The monoisotopic (exact) mass is 239 g/mol. The normalized spacial score (nSPS) is 9.31. The van der Waals surface area contributed by atoms with Gasteiger partial charge in [0.05, 0.1) is 12.5 Å². The van der Waals surface area contributed by atoms with Gasteiger partial charge < -0.3 is 4.74 Å². The van der Waals surface area contributed by atoms with Crippen molar-refractivity contribution in [2.45, 2.75) is 13.3 Å². The molecule has 0 unspecified atom stereocenters. The Bertz CT molecular complexity index is 330. The van der Waals surface area contributed by atoms with Crippen molar-refractivity contribution >= 4 is 15.9 Å². The summed E-state index contributed by atoms with van der Waals surface area (Å²) in [6, 6.07) is 7.80. The van der Waals surface area contributed by atoms with Gasteiger partial charge in [-0.3, -0.25) is 0 Å². The van der Waals surface area contributed by atoms with E-state index in [1.54, 1.807) is 0 Å². The molecule has 0 aromatic heterocycles. The third-order valence-corrected chi connectivity index (χ3v) is 2.50. The molecule has 0 saturated carbocycles. The van der Waals surface area contributed by atoms with Crippen molar-refractivity contribution < 1.29 is 4.74 Å². The summed E-state index contributed by atoms with van der Waals surface area (Å²) in [5.74, 6) is 0.816. The third-order valence-electron chi connectivity index (χ3n) is 1.61. The summed E-state index contributed by atoms with van der Waals surface area (Å²) in [5, 5.41) is 8.31. The minimum Gasteiger partial charge on any atom is -0.493 e. The number of aryl methyl sites for hydroxylation is 1. The third kappa shape index (κ3) is 3.08. The fraction of sp³-hybridized carbons (Fsp3) is 0.300. The summed E-state index contributed by atoms with van der Waals surface area (Å²) in [7, 11) is 0. The van der Waals surface area contributed by atoms with Crippen molar-refractivity contribution in [3.63, 3.8) is 0 Å². The average molecular weight is 240 g/mol. The van der Waals surface area contributed by atoms with Crippen molar-refractivity contribution in [1.82, 2.24) is 0 Å². The lowest BCUT2D eigenvalue weighted by Crippen LogP contribution is -1.95. The lowest BCUT2D eigenvalue weighted by Gasteiger charge is -2.05. The predicted octanol–water partition coefficient (Wildman–Crippen LogP) is 3.05. The van der Waals surface area contributed by atoms with Gasteiger partial charge in [-0.15, -0.1) is 0 Å². The maximum Gasteiger partial charge on any atom is 0.119 e. The van der Waals surface area contributed by atoms with Crippen LogP contribution in [0.3, 0.4) is 0 Å². The lowest BCUT2D eigenvalue weighted by molar-refractivity contribution is 0.326. The van der Waals surface area contributed by atoms with E-state index in [4.69, 9.17) is 10.00 Å². The zero-order valence-corrected chi connectivity index (χ0v) is 8.97. The molecule has 0 aliphatic carbocycles. The fourth-order valence-electron chi connectivity index (χ4n) is 0.921. The first kappa shape index (κ1) is 10.1. The zero-order chi connectivity index (χ0) is 9.68. The van der Waals surface area contributed by atoms with Crippen LogP contribution in [0.5, 0.6) is 5.75 Å². The molecule has 0 aliphatic heterocycles. The number of hydrogen-bond donors (Lipinski definition) is 0. The zero-order valence-electron chi connectivity index (χ0n) is 7.38. The summed E-state index contributed by atoms with van der Waals surface area (Å²) < 4.78 is 6.41. The molecule has 0 fully saturated rings. The highest BCUT2D eigenvalue weighted by Gasteiger charge is 1.97. The molecule has 0 amide bonds. The molecule has 2 nitrogen and oxygen atoms in total. The Morgan fingerprint density at radius 3 is 2.92 bits per heavy atom. The van der Waals surface area contributed by atoms with Gasteiger partial charge in [-0.2, -0.15) is 5.26 Å². The van der Waals surface area contributed by atoms with Gasteiger partial charge in [-0.25, -0.2) is 0 Å². The standard InChI is InChI=1S/C10H10BrNO/c1-8-7-9(3-4-10(8)11)13-6-2-5-12/h3-4,7H,2,6H2,1H3. The molecule has 0 spiro atoms. The molecule has 0 aliphatic rings. The molecule has 0 N–H and O–H groups in total. The topological polar surface area (TPSA) is 33.0 Å². The van der Waals surface area contributed by atoms with E-state index in [1.165, 1.54) is 0 Å². The van der Waals surface area contributed by atoms with Crippen LogP contribution in [0.4, 0.5) is 0 Å². The Kier molecular flexibility index (Phi) is 3.78. The largest absolute Gasteiger partial charge is 0.493 e. The maximum atomic E-state index is 8.31. The lowest BCUT2D eigenvalue weighted by atomic mass is 10.2. The minimum atomic E-state index is 0.426. The van der Waals surface area contributed by atoms with Crippen molar-refractivity contribution in [3.8, 4) is 11.8 Å². The van der Waals surface area contributed by atoms with Crippen LogP contribution in [0.15, 0.2) is 22.7 Å². The Hall–Kier alpha value is -1.01. The predicted molar refractivity (Wildman–Crippen MR) is 54.6 cm³/mol. The molecule has 3 heteroatoms. The van der Waals surface area contributed by atoms with E-state index in [0.717, 1.165) is 15.8 Å². The van der Waals surface area contributed by atoms with Crippen LogP contribution < -0.4 is 4.74 Å². The van der Waals surface area contributed by atoms with Gasteiger partial charge in [0.15, 0.2) is 0 Å². The van der Waals surface area contributed by atoms with E-state index < -0.39 is 0 Å². The van der Waals surface area contributed by atoms with Crippen LogP contribution in [-0.4, -0.2) is 6.61 Å². The first-order chi connectivity index (χ1) is 6.24. The molecule has 0 radical (unpaired) electrons. The van der Waals surface area contributed by atoms with E-state index in [2.05, 4.69) is 15.9 Å². The van der Waals surface area contributed by atoms with Crippen LogP contribution in [0.2, 0.25) is 0 Å². The van der Waals surface area contributed by atoms with E-state index in [9.17, 15) is 0 Å². The quantitative estimate of drug-likeness (QED) is 0.760. The summed E-state index contributed by atoms with van der Waals surface area (Å²) in [4.78, 5) is 0. The molecular weight excluding hydrogens is 230 g/mol. The molecular formula is C10H10BrNO. The number of rotatable bonds is 3. The molecule has 1 aromatic carbocycles. The minimum absolute atomic E-state index is 0.426. The molecule has 68 valence electrons. The van der Waals surface area contributed by atoms with E-state index >= 15 is 0 Å². The van der Waals surface area contributed by atoms with Crippen molar-refractivity contribution in [2.75, 3.05) is 6.61 Å². The molecule has 0 bridgehead atoms. The van der Waals surface area contributed by atoms with Gasteiger partial charge in [-0.1, -0.05) is 15.9 Å². The van der Waals surface area contributed by atoms with Crippen LogP contribution in [0.25, 0.3) is 0 Å². The number of nitrogens with zero attached hydrogens (tertiary/aromatic N) is 1. The van der Waals surface area contributed by atoms with Gasteiger partial charge in [0.1, 0.15) is 12.4 Å². The van der Waals surface area contributed by atoms with E-state index in [-0.39, 0.29) is 0 Å². The average Bonchev–Trinajstić information content (AvgIpc) is 2.12. The summed E-state index contributed by atoms with van der Waals surface area (Å²) in [6.45, 7) is 2.46. The first-order valence-corrected chi connectivity index (χ1v) is 4.79. The summed E-state index contributed by atoms with van der Waals surface area (Å²) in [5.41, 5.74) is 1.13. The second kappa shape index (κ2) is 4.88. The van der Waals surface area contributed by atoms with Gasteiger partial charge in [0.2, 0.25) is 0 Å². The number of halogens is 1. The van der Waals surface area contributed by atoms with Crippen molar-refractivity contribution in [2.24, 2.45) is 0 Å². The number of nitriles is 1. The van der Waals surface area contributed by atoms with Gasteiger partial charge in [-0.05, 0) is 30.7 Å². The molecule has 0 heterocycles. The van der Waals surface area contributed by atoms with Gasteiger partial charge in [0.25, 0.3) is 0 Å². The Morgan fingerprint density at radius 2 is 2.31 bits per heavy atom. The smallest absolute Gasteiger partial charge is 0.119 e. The molecule has 0 atom stereocenters. The number of benzene rings is 1. The Balaban J connectivity index is 2.59. The van der Waals surface area contributed by atoms with Crippen LogP contribution in [0.1, 0.15) is 12.0 Å². The van der Waals surface area contributed by atoms with Crippen LogP contribution in [-0.2, 0) is 0 Å². The van der Waals surface area contributed by atoms with Crippen molar-refractivity contribution in [3.05, 3.63) is 28.2 Å². The molecule has 1 aromatic rings. The van der Waals surface area contributed by atoms with Gasteiger partial charge >= 0.3 is 0 Å². The highest BCUT2D eigenvalue weighted by atomic mass is 79.9. The molecule has 13 heavy (non-hydrogen) atoms. The van der Waals surface area contributed by atoms with Crippen LogP contribution >= 0.6 is 15.9 Å². The van der Waals surface area contributed by atoms with Crippen molar-refractivity contribution in [1.29, 1.82) is 5.26 Å². The molecule has 1 rings (SSSR count).